The van der Waals surface area contributed by atoms with Gasteiger partial charge >= 0.3 is 0 Å². The molecule has 7 heteroatoms. The molecular formula is C12H25N3O3S. The van der Waals surface area contributed by atoms with Gasteiger partial charge < -0.3 is 16.0 Å². The molecule has 0 bridgehead atoms. The summed E-state index contributed by atoms with van der Waals surface area (Å²) < 4.78 is 23.6. The van der Waals surface area contributed by atoms with E-state index in [2.05, 4.69) is 10.2 Å². The molecule has 1 aliphatic heterocycles. The molecule has 0 spiro atoms. The van der Waals surface area contributed by atoms with Gasteiger partial charge in [0.2, 0.25) is 5.91 Å². The lowest BCUT2D eigenvalue weighted by Crippen LogP contribution is -2.35. The first kappa shape index (κ1) is 16.4. The van der Waals surface area contributed by atoms with Crippen LogP contribution >= 0.6 is 0 Å². The maximum atomic E-state index is 11.8. The van der Waals surface area contributed by atoms with Crippen molar-refractivity contribution >= 4 is 15.7 Å². The maximum absolute atomic E-state index is 11.8. The third-order valence-corrected chi connectivity index (χ3v) is 4.90. The quantitative estimate of drug-likeness (QED) is 0.620. The van der Waals surface area contributed by atoms with E-state index < -0.39 is 9.84 Å². The van der Waals surface area contributed by atoms with Gasteiger partial charge in [-0.1, -0.05) is 6.42 Å². The highest BCUT2D eigenvalue weighted by Gasteiger charge is 2.17. The first-order valence-corrected chi connectivity index (χ1v) is 8.75. The first-order chi connectivity index (χ1) is 9.03. The molecule has 19 heavy (non-hydrogen) atoms. The molecule has 0 unspecified atom stereocenters. The minimum atomic E-state index is -3.13. The van der Waals surface area contributed by atoms with Crippen LogP contribution in [0.4, 0.5) is 0 Å². The average molecular weight is 291 g/mol. The number of hydrogen-bond donors (Lipinski definition) is 2. The smallest absolute Gasteiger partial charge is 0.221 e. The summed E-state index contributed by atoms with van der Waals surface area (Å²) in [7, 11) is -3.13. The van der Waals surface area contributed by atoms with Crippen molar-refractivity contribution in [3.05, 3.63) is 0 Å². The second-order valence-electron chi connectivity index (χ2n) is 4.94. The van der Waals surface area contributed by atoms with Crippen molar-refractivity contribution in [2.24, 2.45) is 5.73 Å². The van der Waals surface area contributed by atoms with Gasteiger partial charge in [0, 0.05) is 26.1 Å². The van der Waals surface area contributed by atoms with E-state index in [-0.39, 0.29) is 23.8 Å². The van der Waals surface area contributed by atoms with Gasteiger partial charge in [-0.15, -0.1) is 0 Å². The number of carbonyl (C=O) groups excluding carboxylic acids is 1. The standard InChI is InChI=1S/C12H25N3O3S/c13-5-6-14-12(16)4-10-19(17,18)11-9-15-7-2-1-3-8-15/h1-11,13H2,(H,14,16). The van der Waals surface area contributed by atoms with Gasteiger partial charge in [-0.25, -0.2) is 8.42 Å². The fraction of sp³-hybridized carbons (Fsp3) is 0.917. The number of rotatable bonds is 8. The summed E-state index contributed by atoms with van der Waals surface area (Å²) in [4.78, 5) is 13.5. The minimum absolute atomic E-state index is 0.0301. The van der Waals surface area contributed by atoms with Crippen LogP contribution in [0.15, 0.2) is 0 Å². The van der Waals surface area contributed by atoms with E-state index in [1.807, 2.05) is 0 Å². The largest absolute Gasteiger partial charge is 0.355 e. The fourth-order valence-electron chi connectivity index (χ4n) is 2.10. The van der Waals surface area contributed by atoms with Crippen LogP contribution in [0.1, 0.15) is 25.7 Å². The van der Waals surface area contributed by atoms with Crippen molar-refractivity contribution < 1.29 is 13.2 Å². The van der Waals surface area contributed by atoms with Gasteiger partial charge in [0.15, 0.2) is 9.84 Å². The van der Waals surface area contributed by atoms with Crippen LogP contribution < -0.4 is 11.1 Å². The molecule has 1 amide bonds. The summed E-state index contributed by atoms with van der Waals surface area (Å²) in [5.74, 6) is -0.166. The topological polar surface area (TPSA) is 92.5 Å². The number of piperidine rings is 1. The average Bonchev–Trinajstić information content (AvgIpc) is 2.42. The fourth-order valence-corrected chi connectivity index (χ4v) is 3.34. The maximum Gasteiger partial charge on any atom is 0.221 e. The SMILES string of the molecule is NCCNC(=O)CCS(=O)(=O)CCN1CCCCC1. The van der Waals surface area contributed by atoms with E-state index in [1.165, 1.54) is 6.42 Å². The Bertz CT molecular complexity index is 364. The molecule has 0 aliphatic carbocycles. The molecule has 0 atom stereocenters. The molecule has 1 heterocycles. The van der Waals surface area contributed by atoms with Crippen LogP contribution in [-0.4, -0.2) is 63.5 Å². The zero-order chi connectivity index (χ0) is 14.1. The van der Waals surface area contributed by atoms with E-state index in [0.29, 0.717) is 19.6 Å². The molecule has 3 N–H and O–H groups in total. The second-order valence-corrected chi connectivity index (χ2v) is 7.25. The molecule has 0 aromatic rings. The third-order valence-electron chi connectivity index (χ3n) is 3.27. The number of sulfone groups is 1. The molecule has 112 valence electrons. The predicted octanol–water partition coefficient (Wildman–Crippen LogP) is -0.648. The Balaban J connectivity index is 2.21. The number of nitrogens with two attached hydrogens (primary N) is 1. The monoisotopic (exact) mass is 291 g/mol. The zero-order valence-electron chi connectivity index (χ0n) is 11.4. The van der Waals surface area contributed by atoms with Gasteiger partial charge in [0.05, 0.1) is 11.5 Å². The summed E-state index contributed by atoms with van der Waals surface area (Å²) >= 11 is 0. The molecule has 0 aromatic carbocycles. The van der Waals surface area contributed by atoms with Gasteiger partial charge in [-0.2, -0.15) is 0 Å². The zero-order valence-corrected chi connectivity index (χ0v) is 12.3. The number of amides is 1. The first-order valence-electron chi connectivity index (χ1n) is 6.93. The molecular weight excluding hydrogens is 266 g/mol. The van der Waals surface area contributed by atoms with E-state index in [4.69, 9.17) is 5.73 Å². The van der Waals surface area contributed by atoms with Gasteiger partial charge in [0.1, 0.15) is 0 Å². The highest BCUT2D eigenvalue weighted by atomic mass is 32.2. The van der Waals surface area contributed by atoms with Crippen molar-refractivity contribution in [3.63, 3.8) is 0 Å². The van der Waals surface area contributed by atoms with Gasteiger partial charge in [0.25, 0.3) is 0 Å². The highest BCUT2D eigenvalue weighted by Crippen LogP contribution is 2.08. The van der Waals surface area contributed by atoms with Crippen LogP contribution in [-0.2, 0) is 14.6 Å². The van der Waals surface area contributed by atoms with Gasteiger partial charge in [-0.05, 0) is 25.9 Å². The molecule has 0 aromatic heterocycles. The van der Waals surface area contributed by atoms with Crippen molar-refractivity contribution in [3.8, 4) is 0 Å². The lowest BCUT2D eigenvalue weighted by molar-refractivity contribution is -0.120. The van der Waals surface area contributed by atoms with E-state index >= 15 is 0 Å². The van der Waals surface area contributed by atoms with Crippen LogP contribution in [0.5, 0.6) is 0 Å². The van der Waals surface area contributed by atoms with E-state index in [9.17, 15) is 13.2 Å². The molecule has 0 saturated carbocycles. The number of hydrogen-bond acceptors (Lipinski definition) is 5. The summed E-state index contributed by atoms with van der Waals surface area (Å²) in [6.07, 6.45) is 3.58. The van der Waals surface area contributed by atoms with Crippen LogP contribution in [0.3, 0.4) is 0 Å². The van der Waals surface area contributed by atoms with Gasteiger partial charge in [-0.3, -0.25) is 4.79 Å². The Hall–Kier alpha value is -0.660. The van der Waals surface area contributed by atoms with Crippen LogP contribution in [0.2, 0.25) is 0 Å². The van der Waals surface area contributed by atoms with Crippen LogP contribution in [0.25, 0.3) is 0 Å². The Morgan fingerprint density at radius 2 is 1.84 bits per heavy atom. The summed E-state index contributed by atoms with van der Waals surface area (Å²) in [6, 6.07) is 0. The van der Waals surface area contributed by atoms with Crippen LogP contribution in [0, 0.1) is 0 Å². The molecule has 6 nitrogen and oxygen atoms in total. The Morgan fingerprint density at radius 1 is 1.16 bits per heavy atom. The Kier molecular flexibility index (Phi) is 7.33. The van der Waals surface area contributed by atoms with E-state index in [1.54, 1.807) is 0 Å². The number of nitrogens with zero attached hydrogens (tertiary/aromatic N) is 1. The number of nitrogens with one attached hydrogen (secondary N) is 1. The van der Waals surface area contributed by atoms with Crippen molar-refractivity contribution in [1.29, 1.82) is 0 Å². The summed E-state index contributed by atoms with van der Waals surface area (Å²) in [5.41, 5.74) is 5.25. The summed E-state index contributed by atoms with van der Waals surface area (Å²) in [6.45, 7) is 3.34. The lowest BCUT2D eigenvalue weighted by atomic mass is 10.1. The Morgan fingerprint density at radius 3 is 2.47 bits per heavy atom. The van der Waals surface area contributed by atoms with E-state index in [0.717, 1.165) is 25.9 Å². The lowest BCUT2D eigenvalue weighted by Gasteiger charge is -2.26. The highest BCUT2D eigenvalue weighted by molar-refractivity contribution is 7.91. The molecule has 1 rings (SSSR count). The number of carbonyl (C=O) groups is 1. The Labute approximate surface area is 115 Å². The predicted molar refractivity (Wildman–Crippen MR) is 75.6 cm³/mol. The van der Waals surface area contributed by atoms with Crippen molar-refractivity contribution in [1.82, 2.24) is 10.2 Å². The molecule has 1 saturated heterocycles. The third kappa shape index (κ3) is 7.49. The van der Waals surface area contributed by atoms with Crippen molar-refractivity contribution in [2.75, 3.05) is 44.2 Å². The molecule has 1 aliphatic rings. The molecule has 0 radical (unpaired) electrons. The second kappa shape index (κ2) is 8.50. The normalized spacial score (nSPS) is 17.3. The number of likely N-dealkylation sites (tertiary alicyclic amines) is 1. The minimum Gasteiger partial charge on any atom is -0.355 e. The molecule has 1 fully saturated rings. The summed E-state index contributed by atoms with van der Waals surface area (Å²) in [5, 5.41) is 2.57. The van der Waals surface area contributed by atoms with Crippen molar-refractivity contribution in [2.45, 2.75) is 25.7 Å².